The van der Waals surface area contributed by atoms with Crippen LogP contribution in [0.2, 0.25) is 0 Å². The molecule has 0 spiro atoms. The Labute approximate surface area is 128 Å². The van der Waals surface area contributed by atoms with E-state index in [9.17, 15) is 9.59 Å². The molecule has 0 saturated heterocycles. The first-order chi connectivity index (χ1) is 9.23. The molecule has 0 aromatic rings. The molecule has 8 N–H and O–H groups in total. The standard InChI is InChI=1S/C12H26N4O2S2/c1-7(11(15)17)3-9(13)5-19-20-6-10(14)4-8(2)12(16)18/h7-10H,3-6,13-14H2,1-2H3,(H2,15,17)(H2,16,18). The summed E-state index contributed by atoms with van der Waals surface area (Å²) >= 11 is 0. The maximum atomic E-state index is 10.9. The Morgan fingerprint density at radius 3 is 1.40 bits per heavy atom. The lowest BCUT2D eigenvalue weighted by atomic mass is 10.0. The molecule has 0 aliphatic rings. The molecule has 0 fully saturated rings. The minimum absolute atomic E-state index is 0.0595. The average molecular weight is 323 g/mol. The summed E-state index contributed by atoms with van der Waals surface area (Å²) in [6.45, 7) is 3.56. The highest BCUT2D eigenvalue weighted by atomic mass is 33.1. The molecule has 0 rings (SSSR count). The van der Waals surface area contributed by atoms with Crippen LogP contribution >= 0.6 is 21.6 Å². The van der Waals surface area contributed by atoms with E-state index in [0.717, 1.165) is 11.5 Å². The molecule has 0 aromatic carbocycles. The first-order valence-corrected chi connectivity index (χ1v) is 9.07. The van der Waals surface area contributed by atoms with Gasteiger partial charge in [-0.2, -0.15) is 0 Å². The van der Waals surface area contributed by atoms with Gasteiger partial charge in [0.1, 0.15) is 0 Å². The molecule has 118 valence electrons. The molecular weight excluding hydrogens is 296 g/mol. The van der Waals surface area contributed by atoms with Gasteiger partial charge in [0, 0.05) is 35.4 Å². The van der Waals surface area contributed by atoms with Crippen LogP contribution in [-0.4, -0.2) is 35.4 Å². The Morgan fingerprint density at radius 2 is 1.15 bits per heavy atom. The zero-order valence-electron chi connectivity index (χ0n) is 12.1. The third-order valence-corrected chi connectivity index (χ3v) is 5.54. The number of amides is 2. The fraction of sp³-hybridized carbons (Fsp3) is 0.833. The smallest absolute Gasteiger partial charge is 0.220 e. The summed E-state index contributed by atoms with van der Waals surface area (Å²) in [5.74, 6) is 0.436. The lowest BCUT2D eigenvalue weighted by molar-refractivity contribution is -0.122. The van der Waals surface area contributed by atoms with E-state index in [4.69, 9.17) is 22.9 Å². The van der Waals surface area contributed by atoms with Crippen molar-refractivity contribution in [2.75, 3.05) is 11.5 Å². The molecule has 8 heteroatoms. The Kier molecular flexibility index (Phi) is 10.1. The van der Waals surface area contributed by atoms with Crippen molar-refractivity contribution in [2.45, 2.75) is 38.8 Å². The highest BCUT2D eigenvalue weighted by Crippen LogP contribution is 2.24. The fourth-order valence-electron chi connectivity index (χ4n) is 1.55. The number of rotatable bonds is 11. The topological polar surface area (TPSA) is 138 Å². The van der Waals surface area contributed by atoms with Crippen molar-refractivity contribution < 1.29 is 9.59 Å². The van der Waals surface area contributed by atoms with Gasteiger partial charge >= 0.3 is 0 Å². The maximum absolute atomic E-state index is 10.9. The van der Waals surface area contributed by atoms with E-state index in [2.05, 4.69) is 0 Å². The molecular formula is C12H26N4O2S2. The Bertz CT molecular complexity index is 288. The molecule has 0 aliphatic carbocycles. The average Bonchev–Trinajstić information content (AvgIpc) is 2.34. The van der Waals surface area contributed by atoms with Crippen LogP contribution in [0.4, 0.5) is 0 Å². The normalized spacial score (nSPS) is 17.2. The molecule has 0 bridgehead atoms. The summed E-state index contributed by atoms with van der Waals surface area (Å²) in [5.41, 5.74) is 22.2. The fourth-order valence-corrected chi connectivity index (χ4v) is 3.99. The van der Waals surface area contributed by atoms with Gasteiger partial charge in [-0.15, -0.1) is 0 Å². The summed E-state index contributed by atoms with van der Waals surface area (Å²) in [6, 6.07) is -0.119. The molecule has 0 heterocycles. The monoisotopic (exact) mass is 322 g/mol. The molecule has 4 atom stereocenters. The Hall–Kier alpha value is -0.440. The van der Waals surface area contributed by atoms with E-state index >= 15 is 0 Å². The summed E-state index contributed by atoms with van der Waals surface area (Å²) in [4.78, 5) is 21.8. The van der Waals surface area contributed by atoms with Crippen LogP contribution in [-0.2, 0) is 9.59 Å². The molecule has 0 aliphatic heterocycles. The van der Waals surface area contributed by atoms with Gasteiger partial charge in [0.15, 0.2) is 0 Å². The second-order valence-corrected chi connectivity index (χ2v) is 7.72. The van der Waals surface area contributed by atoms with E-state index in [-0.39, 0.29) is 35.7 Å². The van der Waals surface area contributed by atoms with Crippen LogP contribution < -0.4 is 22.9 Å². The number of primary amides is 2. The highest BCUT2D eigenvalue weighted by Gasteiger charge is 2.16. The SMILES string of the molecule is CC(CC(N)CSSCC(N)CC(C)C(N)=O)C(N)=O. The molecule has 0 aromatic heterocycles. The van der Waals surface area contributed by atoms with Gasteiger partial charge in [0.2, 0.25) is 11.8 Å². The lowest BCUT2D eigenvalue weighted by Crippen LogP contribution is -2.31. The number of hydrogen-bond donors (Lipinski definition) is 4. The maximum Gasteiger partial charge on any atom is 0.220 e. The second-order valence-electron chi connectivity index (χ2n) is 5.17. The quantitative estimate of drug-likeness (QED) is 0.313. The van der Waals surface area contributed by atoms with Crippen molar-refractivity contribution in [3.05, 3.63) is 0 Å². The van der Waals surface area contributed by atoms with Gasteiger partial charge < -0.3 is 22.9 Å². The minimum atomic E-state index is -0.319. The Balaban J connectivity index is 3.70. The minimum Gasteiger partial charge on any atom is -0.369 e. The Morgan fingerprint density at radius 1 is 0.850 bits per heavy atom. The predicted octanol–water partition coefficient (Wildman–Crippen LogP) is 0.0454. The van der Waals surface area contributed by atoms with E-state index in [1.54, 1.807) is 35.4 Å². The van der Waals surface area contributed by atoms with Crippen molar-refractivity contribution in [3.63, 3.8) is 0 Å². The van der Waals surface area contributed by atoms with Crippen molar-refractivity contribution >= 4 is 33.4 Å². The summed E-state index contributed by atoms with van der Waals surface area (Å²) in [7, 11) is 3.24. The summed E-state index contributed by atoms with van der Waals surface area (Å²) < 4.78 is 0. The van der Waals surface area contributed by atoms with E-state index in [1.807, 2.05) is 0 Å². The van der Waals surface area contributed by atoms with Crippen LogP contribution in [0.5, 0.6) is 0 Å². The van der Waals surface area contributed by atoms with Gasteiger partial charge in [0.05, 0.1) is 0 Å². The van der Waals surface area contributed by atoms with Crippen molar-refractivity contribution in [3.8, 4) is 0 Å². The molecule has 0 radical (unpaired) electrons. The highest BCUT2D eigenvalue weighted by molar-refractivity contribution is 8.76. The van der Waals surface area contributed by atoms with Gasteiger partial charge in [-0.1, -0.05) is 35.4 Å². The first-order valence-electron chi connectivity index (χ1n) is 6.58. The van der Waals surface area contributed by atoms with Crippen LogP contribution in [0.3, 0.4) is 0 Å². The van der Waals surface area contributed by atoms with Crippen LogP contribution in [0.25, 0.3) is 0 Å². The molecule has 2 amide bonds. The first kappa shape index (κ1) is 19.6. The van der Waals surface area contributed by atoms with Crippen molar-refractivity contribution in [1.29, 1.82) is 0 Å². The summed E-state index contributed by atoms with van der Waals surface area (Å²) in [6.07, 6.45) is 1.18. The number of carbonyl (C=O) groups is 2. The molecule has 6 nitrogen and oxygen atoms in total. The van der Waals surface area contributed by atoms with E-state index < -0.39 is 0 Å². The molecule has 20 heavy (non-hydrogen) atoms. The van der Waals surface area contributed by atoms with Crippen molar-refractivity contribution in [1.82, 2.24) is 0 Å². The van der Waals surface area contributed by atoms with E-state index in [0.29, 0.717) is 12.8 Å². The predicted molar refractivity (Wildman–Crippen MR) is 86.8 cm³/mol. The van der Waals surface area contributed by atoms with E-state index in [1.165, 1.54) is 0 Å². The molecule has 4 unspecified atom stereocenters. The number of carbonyl (C=O) groups excluding carboxylic acids is 2. The second kappa shape index (κ2) is 10.3. The third kappa shape index (κ3) is 9.46. The zero-order chi connectivity index (χ0) is 15.7. The van der Waals surface area contributed by atoms with Crippen LogP contribution in [0, 0.1) is 11.8 Å². The van der Waals surface area contributed by atoms with Gasteiger partial charge in [-0.25, -0.2) is 0 Å². The zero-order valence-corrected chi connectivity index (χ0v) is 13.7. The van der Waals surface area contributed by atoms with Gasteiger partial charge in [-0.05, 0) is 12.8 Å². The number of nitrogens with two attached hydrogens (primary N) is 4. The van der Waals surface area contributed by atoms with Gasteiger partial charge in [-0.3, -0.25) is 9.59 Å². The van der Waals surface area contributed by atoms with Crippen LogP contribution in [0.1, 0.15) is 26.7 Å². The van der Waals surface area contributed by atoms with Crippen molar-refractivity contribution in [2.24, 2.45) is 34.8 Å². The molecule has 0 saturated carbocycles. The van der Waals surface area contributed by atoms with Crippen LogP contribution in [0.15, 0.2) is 0 Å². The van der Waals surface area contributed by atoms with Gasteiger partial charge in [0.25, 0.3) is 0 Å². The largest absolute Gasteiger partial charge is 0.369 e. The lowest BCUT2D eigenvalue weighted by Gasteiger charge is -2.16. The number of hydrogen-bond acceptors (Lipinski definition) is 6. The third-order valence-electron chi connectivity index (χ3n) is 2.93. The summed E-state index contributed by atoms with van der Waals surface area (Å²) in [5, 5.41) is 0.